The number of rotatable bonds is 3. The maximum absolute atomic E-state index is 12.3. The van der Waals surface area contributed by atoms with Crippen LogP contribution in [0.1, 0.15) is 22.3 Å². The van der Waals surface area contributed by atoms with Gasteiger partial charge in [-0.25, -0.2) is 0 Å². The van der Waals surface area contributed by atoms with Crippen LogP contribution in [0.25, 0.3) is 0 Å². The van der Waals surface area contributed by atoms with Gasteiger partial charge in [-0.2, -0.15) is 0 Å². The number of amides is 1. The van der Waals surface area contributed by atoms with Gasteiger partial charge in [0.1, 0.15) is 0 Å². The quantitative estimate of drug-likeness (QED) is 0.914. The Balaban J connectivity index is 0.00000176. The first-order valence-electron chi connectivity index (χ1n) is 7.36. The Bertz CT molecular complexity index is 657. The van der Waals surface area contributed by atoms with Crippen molar-refractivity contribution in [2.24, 2.45) is 0 Å². The van der Waals surface area contributed by atoms with Gasteiger partial charge in [0.25, 0.3) is 0 Å². The molecule has 0 aromatic heterocycles. The maximum Gasteiger partial charge on any atom is 0.237 e. The molecule has 1 unspecified atom stereocenters. The van der Waals surface area contributed by atoms with Gasteiger partial charge in [0.2, 0.25) is 5.91 Å². The van der Waals surface area contributed by atoms with Crippen molar-refractivity contribution in [1.29, 1.82) is 0 Å². The number of hydrogen-bond donors (Lipinski definition) is 2. The zero-order valence-corrected chi connectivity index (χ0v) is 13.5. The molecule has 22 heavy (non-hydrogen) atoms. The van der Waals surface area contributed by atoms with E-state index in [2.05, 4.69) is 41.8 Å². The minimum atomic E-state index is -0.135. The van der Waals surface area contributed by atoms with Gasteiger partial charge in [-0.05, 0) is 30.0 Å². The Morgan fingerprint density at radius 1 is 1.18 bits per heavy atom. The lowest BCUT2D eigenvalue weighted by atomic mass is 9.95. The third-order valence-electron chi connectivity index (χ3n) is 3.95. The molecule has 116 valence electrons. The van der Waals surface area contributed by atoms with Crippen LogP contribution in [0.3, 0.4) is 0 Å². The van der Waals surface area contributed by atoms with E-state index in [1.165, 1.54) is 16.7 Å². The molecule has 0 bridgehead atoms. The Hall–Kier alpha value is -1.84. The number of aryl methyl sites for hydroxylation is 1. The van der Waals surface area contributed by atoms with Crippen molar-refractivity contribution in [3.63, 3.8) is 0 Å². The highest BCUT2D eigenvalue weighted by Gasteiger charge is 2.23. The van der Waals surface area contributed by atoms with Crippen LogP contribution in [0.15, 0.2) is 48.5 Å². The predicted molar refractivity (Wildman–Crippen MR) is 91.0 cm³/mol. The molecule has 3 rings (SSSR count). The molecule has 1 aliphatic heterocycles. The van der Waals surface area contributed by atoms with Crippen LogP contribution in [0.2, 0.25) is 0 Å². The number of fused-ring (bicyclic) bond motifs is 1. The van der Waals surface area contributed by atoms with E-state index in [1.54, 1.807) is 0 Å². The summed E-state index contributed by atoms with van der Waals surface area (Å²) < 4.78 is 0. The molecule has 1 atom stereocenters. The van der Waals surface area contributed by atoms with Crippen LogP contribution in [0.4, 0.5) is 0 Å². The molecule has 2 N–H and O–H groups in total. The van der Waals surface area contributed by atoms with Crippen molar-refractivity contribution in [1.82, 2.24) is 10.6 Å². The first-order chi connectivity index (χ1) is 10.2. The topological polar surface area (TPSA) is 41.1 Å². The first kappa shape index (κ1) is 16.5. The van der Waals surface area contributed by atoms with Crippen LogP contribution in [-0.2, 0) is 24.3 Å². The Morgan fingerprint density at radius 3 is 2.73 bits per heavy atom. The number of hydrogen-bond acceptors (Lipinski definition) is 2. The first-order valence-corrected chi connectivity index (χ1v) is 7.36. The Labute approximate surface area is 137 Å². The number of halogens is 1. The lowest BCUT2D eigenvalue weighted by molar-refractivity contribution is -0.123. The number of benzene rings is 2. The largest absolute Gasteiger partial charge is 0.351 e. The molecule has 0 aliphatic carbocycles. The molecule has 1 amide bonds. The summed E-state index contributed by atoms with van der Waals surface area (Å²) >= 11 is 0. The average molecular weight is 317 g/mol. The molecule has 3 nitrogen and oxygen atoms in total. The molecular formula is C18H21ClN2O. The van der Waals surface area contributed by atoms with E-state index in [0.717, 1.165) is 18.5 Å². The van der Waals surface area contributed by atoms with Gasteiger partial charge in [-0.15, -0.1) is 12.4 Å². The van der Waals surface area contributed by atoms with Gasteiger partial charge in [0.05, 0.1) is 6.04 Å². The van der Waals surface area contributed by atoms with E-state index in [4.69, 9.17) is 0 Å². The van der Waals surface area contributed by atoms with Crippen LogP contribution >= 0.6 is 12.4 Å². The average Bonchev–Trinajstić information content (AvgIpc) is 2.52. The molecule has 0 saturated carbocycles. The van der Waals surface area contributed by atoms with Crippen molar-refractivity contribution in [3.8, 4) is 0 Å². The van der Waals surface area contributed by atoms with Crippen LogP contribution in [0, 0.1) is 6.92 Å². The summed E-state index contributed by atoms with van der Waals surface area (Å²) in [7, 11) is 0. The highest BCUT2D eigenvalue weighted by atomic mass is 35.5. The van der Waals surface area contributed by atoms with Crippen LogP contribution < -0.4 is 10.6 Å². The normalized spacial score (nSPS) is 16.3. The smallest absolute Gasteiger partial charge is 0.237 e. The van der Waals surface area contributed by atoms with Crippen molar-refractivity contribution in [2.45, 2.75) is 32.5 Å². The molecule has 1 heterocycles. The lowest BCUT2D eigenvalue weighted by Crippen LogP contribution is -2.47. The fourth-order valence-electron chi connectivity index (χ4n) is 2.77. The van der Waals surface area contributed by atoms with Gasteiger partial charge >= 0.3 is 0 Å². The zero-order chi connectivity index (χ0) is 14.7. The second-order valence-electron chi connectivity index (χ2n) is 5.61. The van der Waals surface area contributed by atoms with Crippen molar-refractivity contribution in [3.05, 3.63) is 70.8 Å². The molecular weight excluding hydrogens is 296 g/mol. The fraction of sp³-hybridized carbons (Fsp3) is 0.278. The SMILES string of the molecule is Cc1cccc(CNC(=O)C2Cc3ccccc3CN2)c1.Cl. The van der Waals surface area contributed by atoms with E-state index in [0.29, 0.717) is 6.54 Å². The number of carbonyl (C=O) groups is 1. The highest BCUT2D eigenvalue weighted by Crippen LogP contribution is 2.16. The van der Waals surface area contributed by atoms with Gasteiger partial charge in [-0.3, -0.25) is 4.79 Å². The van der Waals surface area contributed by atoms with Gasteiger partial charge < -0.3 is 10.6 Å². The minimum absolute atomic E-state index is 0. The monoisotopic (exact) mass is 316 g/mol. The zero-order valence-electron chi connectivity index (χ0n) is 12.6. The van der Waals surface area contributed by atoms with Gasteiger partial charge in [0, 0.05) is 13.1 Å². The molecule has 2 aromatic carbocycles. The van der Waals surface area contributed by atoms with Gasteiger partial charge in [-0.1, -0.05) is 54.1 Å². The second kappa shape index (κ2) is 7.43. The molecule has 0 fully saturated rings. The van der Waals surface area contributed by atoms with Crippen molar-refractivity contribution < 1.29 is 4.79 Å². The van der Waals surface area contributed by atoms with E-state index in [9.17, 15) is 4.79 Å². The van der Waals surface area contributed by atoms with E-state index in [1.807, 2.05) is 24.3 Å². The second-order valence-corrected chi connectivity index (χ2v) is 5.61. The third kappa shape index (κ3) is 3.87. The summed E-state index contributed by atoms with van der Waals surface area (Å²) in [6.45, 7) is 3.41. The summed E-state index contributed by atoms with van der Waals surface area (Å²) in [6.07, 6.45) is 0.760. The number of nitrogens with one attached hydrogen (secondary N) is 2. The summed E-state index contributed by atoms with van der Waals surface area (Å²) in [5, 5.41) is 6.34. The maximum atomic E-state index is 12.3. The predicted octanol–water partition coefficient (Wildman–Crippen LogP) is 2.75. The summed E-state index contributed by atoms with van der Waals surface area (Å²) in [4.78, 5) is 12.3. The van der Waals surface area contributed by atoms with Gasteiger partial charge in [0.15, 0.2) is 0 Å². The molecule has 0 radical (unpaired) electrons. The molecule has 4 heteroatoms. The highest BCUT2D eigenvalue weighted by molar-refractivity contribution is 5.85. The summed E-state index contributed by atoms with van der Waals surface area (Å²) in [6, 6.07) is 16.4. The number of carbonyl (C=O) groups excluding carboxylic acids is 1. The summed E-state index contributed by atoms with van der Waals surface area (Å²) in [5.41, 5.74) is 4.92. The molecule has 0 saturated heterocycles. The third-order valence-corrected chi connectivity index (χ3v) is 3.95. The van der Waals surface area contributed by atoms with Crippen LogP contribution in [0.5, 0.6) is 0 Å². The van der Waals surface area contributed by atoms with Crippen LogP contribution in [-0.4, -0.2) is 11.9 Å². The lowest BCUT2D eigenvalue weighted by Gasteiger charge is -2.25. The van der Waals surface area contributed by atoms with E-state index >= 15 is 0 Å². The fourth-order valence-corrected chi connectivity index (χ4v) is 2.77. The molecule has 1 aliphatic rings. The van der Waals surface area contributed by atoms with E-state index in [-0.39, 0.29) is 24.4 Å². The Kier molecular flexibility index (Phi) is 5.58. The molecule has 2 aromatic rings. The minimum Gasteiger partial charge on any atom is -0.351 e. The van der Waals surface area contributed by atoms with Crippen molar-refractivity contribution in [2.75, 3.05) is 0 Å². The Morgan fingerprint density at radius 2 is 1.95 bits per heavy atom. The van der Waals surface area contributed by atoms with E-state index < -0.39 is 0 Å². The standard InChI is InChI=1S/C18H20N2O.ClH/c1-13-5-4-6-14(9-13)11-20-18(21)17-10-15-7-2-3-8-16(15)12-19-17;/h2-9,17,19H,10-12H2,1H3,(H,20,21);1H. The summed E-state index contributed by atoms with van der Waals surface area (Å²) in [5.74, 6) is 0.0750. The molecule has 0 spiro atoms. The van der Waals surface area contributed by atoms with Crippen molar-refractivity contribution >= 4 is 18.3 Å².